The van der Waals surface area contributed by atoms with E-state index in [1.807, 2.05) is 31.2 Å². The van der Waals surface area contributed by atoms with E-state index in [0.29, 0.717) is 40.0 Å². The van der Waals surface area contributed by atoms with Crippen molar-refractivity contribution in [3.8, 4) is 16.5 Å². The fourth-order valence-electron chi connectivity index (χ4n) is 4.30. The maximum Gasteiger partial charge on any atom is 0.285 e. The van der Waals surface area contributed by atoms with Gasteiger partial charge in [-0.3, -0.25) is 14.8 Å². The molecule has 1 aromatic carbocycles. The summed E-state index contributed by atoms with van der Waals surface area (Å²) in [6, 6.07) is 7.74. The van der Waals surface area contributed by atoms with E-state index in [-0.39, 0.29) is 5.91 Å². The van der Waals surface area contributed by atoms with Crippen molar-refractivity contribution < 1.29 is 14.3 Å². The largest absolute Gasteiger partial charge is 0.497 e. The molecule has 5 heterocycles. The molecule has 8 nitrogen and oxygen atoms in total. The Balaban J connectivity index is 0.000000343. The number of aromatic nitrogens is 3. The molecule has 7 rings (SSSR count). The summed E-state index contributed by atoms with van der Waals surface area (Å²) in [5.74, 6) is 0.667. The maximum atomic E-state index is 13.1. The van der Waals surface area contributed by atoms with E-state index in [1.165, 1.54) is 30.6 Å². The summed E-state index contributed by atoms with van der Waals surface area (Å²) < 4.78 is 10.5. The third kappa shape index (κ3) is 4.85. The Morgan fingerprint density at radius 2 is 1.94 bits per heavy atom. The molecule has 176 valence electrons. The summed E-state index contributed by atoms with van der Waals surface area (Å²) >= 11 is 1.33. The minimum absolute atomic E-state index is 0.129. The Morgan fingerprint density at radius 3 is 2.56 bits per heavy atom. The van der Waals surface area contributed by atoms with Gasteiger partial charge in [0.1, 0.15) is 21.3 Å². The van der Waals surface area contributed by atoms with Crippen LogP contribution in [0.5, 0.6) is 5.75 Å². The lowest BCUT2D eigenvalue weighted by atomic mass is 10.0. The van der Waals surface area contributed by atoms with Crippen LogP contribution in [-0.4, -0.2) is 57.4 Å². The molecular weight excluding hydrogens is 450 g/mol. The Morgan fingerprint density at radius 1 is 1.18 bits per heavy atom. The molecule has 4 aliphatic rings. The molecule has 3 aliphatic heterocycles. The predicted octanol–water partition coefficient (Wildman–Crippen LogP) is 4.50. The molecule has 9 heteroatoms. The van der Waals surface area contributed by atoms with E-state index in [2.05, 4.69) is 20.1 Å². The van der Waals surface area contributed by atoms with Crippen LogP contribution in [0.3, 0.4) is 0 Å². The molecule has 2 atom stereocenters. The fourth-order valence-corrected chi connectivity index (χ4v) is 5.28. The molecule has 0 N–H and O–H groups in total. The van der Waals surface area contributed by atoms with E-state index < -0.39 is 0 Å². The Kier molecular flexibility index (Phi) is 6.64. The zero-order chi connectivity index (χ0) is 23.5. The summed E-state index contributed by atoms with van der Waals surface area (Å²) in [5.41, 5.74) is 3.25. The molecule has 1 saturated carbocycles. The summed E-state index contributed by atoms with van der Waals surface area (Å²) in [7, 11) is 1.64. The van der Waals surface area contributed by atoms with Crippen LogP contribution in [-0.2, 0) is 4.74 Å². The van der Waals surface area contributed by atoms with E-state index >= 15 is 0 Å². The van der Waals surface area contributed by atoms with E-state index in [9.17, 15) is 4.79 Å². The summed E-state index contributed by atoms with van der Waals surface area (Å²) in [5, 5.41) is 6.85. The van der Waals surface area contributed by atoms with Gasteiger partial charge in [-0.15, -0.1) is 11.3 Å². The number of hydrazone groups is 1. The van der Waals surface area contributed by atoms with Gasteiger partial charge in [0.05, 0.1) is 36.9 Å². The average Bonchev–Trinajstić information content (AvgIpc) is 3.62. The quantitative estimate of drug-likeness (QED) is 0.550. The second-order valence-electron chi connectivity index (χ2n) is 8.52. The van der Waals surface area contributed by atoms with Crippen molar-refractivity contribution in [2.75, 3.05) is 13.7 Å². The lowest BCUT2D eigenvalue weighted by Crippen LogP contribution is -2.32. The minimum Gasteiger partial charge on any atom is -0.497 e. The van der Waals surface area contributed by atoms with Crippen LogP contribution in [0.15, 0.2) is 48.0 Å². The van der Waals surface area contributed by atoms with Gasteiger partial charge in [-0.1, -0.05) is 0 Å². The van der Waals surface area contributed by atoms with Crippen LogP contribution in [0.1, 0.15) is 53.0 Å². The lowest BCUT2D eigenvalue weighted by molar-refractivity contribution is -0.0647. The summed E-state index contributed by atoms with van der Waals surface area (Å²) in [6.07, 6.45) is 12.0. The monoisotopic (exact) mass is 477 g/mol. The van der Waals surface area contributed by atoms with Gasteiger partial charge in [0.15, 0.2) is 0 Å². The highest BCUT2D eigenvalue weighted by molar-refractivity contribution is 7.17. The fraction of sp³-hybridized carbons (Fsp3) is 0.400. The predicted molar refractivity (Wildman–Crippen MR) is 130 cm³/mol. The maximum absolute atomic E-state index is 13.1. The number of hydrogen-bond donors (Lipinski definition) is 0. The van der Waals surface area contributed by atoms with Gasteiger partial charge < -0.3 is 9.47 Å². The van der Waals surface area contributed by atoms with E-state index in [0.717, 1.165) is 29.9 Å². The van der Waals surface area contributed by atoms with Crippen molar-refractivity contribution in [2.45, 2.75) is 51.2 Å². The second kappa shape index (κ2) is 9.99. The van der Waals surface area contributed by atoms with Gasteiger partial charge in [0.2, 0.25) is 0 Å². The standard InChI is InChI=1S/C20H19N5O2S.C5H8O/c1-13-18(28-19(23-13)17-12-21-9-10-22-17)20(26)25-11-3-4-16(24-25)14-5-7-15(27-2)8-6-14;1-2-5-3-4(1)6-5/h5-10,12H,3-4,11H2,1-2H3;4-5H,1-3H2. The van der Waals surface area contributed by atoms with Crippen molar-refractivity contribution in [1.82, 2.24) is 20.0 Å². The Labute approximate surface area is 202 Å². The van der Waals surface area contributed by atoms with Gasteiger partial charge in [-0.25, -0.2) is 9.99 Å². The Hall–Kier alpha value is -3.17. The number of methoxy groups -OCH3 is 1. The van der Waals surface area contributed by atoms with Gasteiger partial charge in [-0.05, 0) is 68.9 Å². The highest BCUT2D eigenvalue weighted by atomic mass is 32.1. The van der Waals surface area contributed by atoms with Gasteiger partial charge in [0, 0.05) is 18.9 Å². The lowest BCUT2D eigenvalue weighted by Gasteiger charge is -2.23. The number of carbonyl (C=O) groups excluding carboxylic acids is 1. The average molecular weight is 478 g/mol. The molecule has 2 saturated heterocycles. The first-order valence-electron chi connectivity index (χ1n) is 11.5. The number of amides is 1. The van der Waals surface area contributed by atoms with Gasteiger partial charge in [0.25, 0.3) is 5.91 Å². The normalized spacial score (nSPS) is 20.6. The van der Waals surface area contributed by atoms with E-state index in [1.54, 1.807) is 30.7 Å². The van der Waals surface area contributed by atoms with Crippen molar-refractivity contribution in [2.24, 2.45) is 5.10 Å². The highest BCUT2D eigenvalue weighted by Crippen LogP contribution is 2.36. The molecular formula is C25H27N5O3S. The number of aryl methyl sites for hydroxylation is 1. The molecule has 1 aliphatic carbocycles. The molecule has 3 fully saturated rings. The van der Waals surface area contributed by atoms with Crippen molar-refractivity contribution in [3.63, 3.8) is 0 Å². The molecule has 2 bridgehead atoms. The molecule has 2 unspecified atom stereocenters. The van der Waals surface area contributed by atoms with Gasteiger partial charge >= 0.3 is 0 Å². The first-order valence-corrected chi connectivity index (χ1v) is 12.4. The second-order valence-corrected chi connectivity index (χ2v) is 9.52. The topological polar surface area (TPSA) is 89.8 Å². The van der Waals surface area contributed by atoms with Crippen molar-refractivity contribution >= 4 is 23.0 Å². The van der Waals surface area contributed by atoms with Crippen LogP contribution in [0.4, 0.5) is 0 Å². The van der Waals surface area contributed by atoms with Crippen LogP contribution in [0.2, 0.25) is 0 Å². The molecule has 1 amide bonds. The Bertz CT molecular complexity index is 1160. The number of carbonyl (C=O) groups is 1. The van der Waals surface area contributed by atoms with Crippen molar-refractivity contribution in [3.05, 3.63) is 59.0 Å². The number of nitrogens with zero attached hydrogens (tertiary/aromatic N) is 5. The third-order valence-corrected chi connectivity index (χ3v) is 7.34. The number of thiazole rings is 1. The molecule has 34 heavy (non-hydrogen) atoms. The SMILES string of the molecule is C1CC2CC1O2.COc1ccc(C2=NN(C(=O)c3sc(-c4cnccn4)nc3C)CCC2)cc1. The number of ether oxygens (including phenoxy) is 2. The molecule has 0 spiro atoms. The number of hydrogen-bond acceptors (Lipinski definition) is 8. The van der Waals surface area contributed by atoms with Crippen LogP contribution in [0, 0.1) is 6.92 Å². The summed E-state index contributed by atoms with van der Waals surface area (Å²) in [6.45, 7) is 2.43. The first kappa shape index (κ1) is 22.6. The van der Waals surface area contributed by atoms with E-state index in [4.69, 9.17) is 9.47 Å². The van der Waals surface area contributed by atoms with Crippen LogP contribution >= 0.6 is 11.3 Å². The van der Waals surface area contributed by atoms with Crippen LogP contribution < -0.4 is 4.74 Å². The zero-order valence-electron chi connectivity index (χ0n) is 19.3. The smallest absolute Gasteiger partial charge is 0.285 e. The summed E-state index contributed by atoms with van der Waals surface area (Å²) in [4.78, 5) is 26.5. The third-order valence-electron chi connectivity index (χ3n) is 6.18. The highest BCUT2D eigenvalue weighted by Gasteiger charge is 2.36. The van der Waals surface area contributed by atoms with Gasteiger partial charge in [-0.2, -0.15) is 5.10 Å². The number of fused-ring (bicyclic) bond motifs is 1. The molecule has 0 radical (unpaired) electrons. The van der Waals surface area contributed by atoms with Crippen LogP contribution in [0.25, 0.3) is 10.7 Å². The molecule has 2 aromatic heterocycles. The minimum atomic E-state index is -0.129. The first-order chi connectivity index (χ1) is 16.6. The zero-order valence-corrected chi connectivity index (χ0v) is 20.1. The number of rotatable bonds is 4. The van der Waals surface area contributed by atoms with Crippen molar-refractivity contribution in [1.29, 1.82) is 0 Å². The molecule has 3 aromatic rings. The number of benzene rings is 1.